The maximum atomic E-state index is 11.8. The van der Waals surface area contributed by atoms with Crippen molar-refractivity contribution in [3.05, 3.63) is 17.5 Å². The summed E-state index contributed by atoms with van der Waals surface area (Å²) in [6.45, 7) is -0.908. The molecule has 0 saturated heterocycles. The van der Waals surface area contributed by atoms with E-state index in [1.165, 1.54) is 0 Å². The Kier molecular flexibility index (Phi) is 2.68. The third-order valence-corrected chi connectivity index (χ3v) is 2.19. The van der Waals surface area contributed by atoms with Crippen LogP contribution in [0.2, 0.25) is 0 Å². The van der Waals surface area contributed by atoms with Crippen LogP contribution in [0.1, 0.15) is 30.2 Å². The molecule has 1 aliphatic rings. The van der Waals surface area contributed by atoms with Crippen LogP contribution in [-0.2, 0) is 6.54 Å². The fourth-order valence-electron chi connectivity index (χ4n) is 1.30. The lowest BCUT2D eigenvalue weighted by molar-refractivity contribution is -0.125. The van der Waals surface area contributed by atoms with Crippen molar-refractivity contribution in [1.29, 1.82) is 0 Å². The minimum Gasteiger partial charge on any atom is -0.361 e. The fraction of sp³-hybridized carbons (Fsp3) is 0.667. The molecule has 0 spiro atoms. The van der Waals surface area contributed by atoms with E-state index in [0.717, 1.165) is 18.6 Å². The number of alkyl halides is 3. The molecule has 0 atom stereocenters. The van der Waals surface area contributed by atoms with E-state index in [1.54, 1.807) is 6.07 Å². The van der Waals surface area contributed by atoms with Gasteiger partial charge in [0.15, 0.2) is 0 Å². The molecule has 1 aromatic rings. The van der Waals surface area contributed by atoms with Crippen LogP contribution in [0.25, 0.3) is 0 Å². The van der Waals surface area contributed by atoms with Gasteiger partial charge in [0.25, 0.3) is 0 Å². The third kappa shape index (κ3) is 3.23. The first-order valence-corrected chi connectivity index (χ1v) is 4.77. The molecule has 0 amide bonds. The molecule has 0 unspecified atom stereocenters. The molecule has 15 heavy (non-hydrogen) atoms. The second-order valence-electron chi connectivity index (χ2n) is 3.71. The summed E-state index contributed by atoms with van der Waals surface area (Å²) in [6, 6.07) is 1.72. The van der Waals surface area contributed by atoms with Gasteiger partial charge in [0, 0.05) is 18.5 Å². The van der Waals surface area contributed by atoms with Crippen LogP contribution >= 0.6 is 0 Å². The van der Waals surface area contributed by atoms with Gasteiger partial charge >= 0.3 is 6.18 Å². The Labute approximate surface area is 84.6 Å². The average Bonchev–Trinajstić information content (AvgIpc) is 2.86. The summed E-state index contributed by atoms with van der Waals surface area (Å²) >= 11 is 0. The van der Waals surface area contributed by atoms with Crippen molar-refractivity contribution in [3.8, 4) is 0 Å². The Morgan fingerprint density at radius 1 is 1.47 bits per heavy atom. The smallest absolute Gasteiger partial charge is 0.361 e. The van der Waals surface area contributed by atoms with Crippen LogP contribution in [0.4, 0.5) is 13.2 Å². The number of hydrogen-bond acceptors (Lipinski definition) is 3. The summed E-state index contributed by atoms with van der Waals surface area (Å²) in [5.74, 6) is 1.23. The maximum Gasteiger partial charge on any atom is 0.401 e. The van der Waals surface area contributed by atoms with Crippen molar-refractivity contribution in [3.63, 3.8) is 0 Å². The number of nitrogens with one attached hydrogen (secondary N) is 1. The lowest BCUT2D eigenvalue weighted by Gasteiger charge is -2.05. The van der Waals surface area contributed by atoms with Crippen molar-refractivity contribution in [2.45, 2.75) is 31.5 Å². The third-order valence-electron chi connectivity index (χ3n) is 2.19. The molecule has 1 fully saturated rings. The van der Waals surface area contributed by atoms with Crippen LogP contribution in [0.5, 0.6) is 0 Å². The van der Waals surface area contributed by atoms with Crippen molar-refractivity contribution in [1.82, 2.24) is 10.5 Å². The van der Waals surface area contributed by atoms with Gasteiger partial charge in [0.1, 0.15) is 5.76 Å². The number of hydrogen-bond donors (Lipinski definition) is 1. The first-order valence-electron chi connectivity index (χ1n) is 4.77. The summed E-state index contributed by atoms with van der Waals surface area (Å²) in [7, 11) is 0. The molecular formula is C9H11F3N2O. The monoisotopic (exact) mass is 220 g/mol. The largest absolute Gasteiger partial charge is 0.401 e. The van der Waals surface area contributed by atoms with Crippen molar-refractivity contribution < 1.29 is 17.7 Å². The second-order valence-corrected chi connectivity index (χ2v) is 3.71. The second kappa shape index (κ2) is 3.84. The highest BCUT2D eigenvalue weighted by molar-refractivity contribution is 5.14. The van der Waals surface area contributed by atoms with Crippen LogP contribution < -0.4 is 5.32 Å². The molecule has 1 saturated carbocycles. The molecule has 2 rings (SSSR count). The zero-order valence-corrected chi connectivity index (χ0v) is 7.97. The first-order chi connectivity index (χ1) is 7.04. The quantitative estimate of drug-likeness (QED) is 0.845. The zero-order chi connectivity index (χ0) is 10.9. The predicted octanol–water partition coefficient (Wildman–Crippen LogP) is 2.20. The van der Waals surface area contributed by atoms with Crippen LogP contribution in [0, 0.1) is 0 Å². The summed E-state index contributed by atoms with van der Waals surface area (Å²) in [4.78, 5) is 0. The van der Waals surface area contributed by atoms with E-state index < -0.39 is 12.7 Å². The number of aromatic nitrogens is 1. The lowest BCUT2D eigenvalue weighted by Crippen LogP contribution is -2.28. The Morgan fingerprint density at radius 3 is 2.80 bits per heavy atom. The summed E-state index contributed by atoms with van der Waals surface area (Å²) in [5, 5.41) is 5.96. The molecule has 3 nitrogen and oxygen atoms in total. The Morgan fingerprint density at radius 2 is 2.20 bits per heavy atom. The summed E-state index contributed by atoms with van der Waals surface area (Å²) in [5.41, 5.74) is 0.529. The fourth-order valence-corrected chi connectivity index (χ4v) is 1.30. The molecule has 0 aliphatic heterocycles. The highest BCUT2D eigenvalue weighted by atomic mass is 19.4. The van der Waals surface area contributed by atoms with Gasteiger partial charge in [0.05, 0.1) is 12.2 Å². The maximum absolute atomic E-state index is 11.8. The Balaban J connectivity index is 1.78. The summed E-state index contributed by atoms with van der Waals surface area (Å²) in [6.07, 6.45) is -2.00. The number of halogens is 3. The molecule has 6 heteroatoms. The van der Waals surface area contributed by atoms with E-state index in [9.17, 15) is 13.2 Å². The summed E-state index contributed by atoms with van der Waals surface area (Å²) < 4.78 is 40.4. The van der Waals surface area contributed by atoms with Gasteiger partial charge < -0.3 is 9.84 Å². The minimum atomic E-state index is -4.18. The molecule has 1 aromatic heterocycles. The predicted molar refractivity (Wildman–Crippen MR) is 46.2 cm³/mol. The van der Waals surface area contributed by atoms with Crippen LogP contribution in [0.15, 0.2) is 10.6 Å². The molecule has 1 N–H and O–H groups in total. The minimum absolute atomic E-state index is 0.0930. The van der Waals surface area contributed by atoms with Gasteiger partial charge in [-0.3, -0.25) is 0 Å². The number of rotatable bonds is 4. The Hall–Kier alpha value is -1.04. The van der Waals surface area contributed by atoms with Gasteiger partial charge in [-0.15, -0.1) is 0 Å². The highest BCUT2D eigenvalue weighted by Gasteiger charge is 2.28. The molecule has 1 aliphatic carbocycles. The van der Waals surface area contributed by atoms with Crippen LogP contribution in [0.3, 0.4) is 0 Å². The standard InChI is InChI=1S/C9H11F3N2O/c10-9(11,12)5-13-4-7-3-8(15-14-7)6-1-2-6/h3,6,13H,1-2,4-5H2. The molecule has 0 radical (unpaired) electrons. The van der Waals surface area contributed by atoms with Gasteiger partial charge in [0.2, 0.25) is 0 Å². The van der Waals surface area contributed by atoms with Gasteiger partial charge in [-0.25, -0.2) is 0 Å². The van der Waals surface area contributed by atoms with E-state index in [2.05, 4.69) is 10.5 Å². The number of nitrogens with zero attached hydrogens (tertiary/aromatic N) is 1. The SMILES string of the molecule is FC(F)(F)CNCc1cc(C2CC2)on1. The van der Waals surface area contributed by atoms with Crippen LogP contribution in [-0.4, -0.2) is 17.9 Å². The topological polar surface area (TPSA) is 38.1 Å². The normalized spacial score (nSPS) is 17.0. The van der Waals surface area contributed by atoms with Gasteiger partial charge in [-0.05, 0) is 12.8 Å². The van der Waals surface area contributed by atoms with E-state index >= 15 is 0 Å². The average molecular weight is 220 g/mol. The molecule has 1 heterocycles. The van der Waals surface area contributed by atoms with E-state index in [0.29, 0.717) is 11.6 Å². The van der Waals surface area contributed by atoms with Crippen molar-refractivity contribution in [2.24, 2.45) is 0 Å². The first kappa shape index (κ1) is 10.5. The molecule has 0 aromatic carbocycles. The van der Waals surface area contributed by atoms with E-state index in [4.69, 9.17) is 4.52 Å². The lowest BCUT2D eigenvalue weighted by atomic mass is 10.3. The molecular weight excluding hydrogens is 209 g/mol. The van der Waals surface area contributed by atoms with E-state index in [1.807, 2.05) is 0 Å². The molecule has 84 valence electrons. The van der Waals surface area contributed by atoms with E-state index in [-0.39, 0.29) is 6.54 Å². The zero-order valence-electron chi connectivity index (χ0n) is 7.97. The van der Waals surface area contributed by atoms with Crippen molar-refractivity contribution >= 4 is 0 Å². The molecule has 0 bridgehead atoms. The van der Waals surface area contributed by atoms with Crippen molar-refractivity contribution in [2.75, 3.05) is 6.54 Å². The Bertz CT molecular complexity index is 330. The highest BCUT2D eigenvalue weighted by Crippen LogP contribution is 2.40. The van der Waals surface area contributed by atoms with Gasteiger partial charge in [-0.2, -0.15) is 13.2 Å². The van der Waals surface area contributed by atoms with Gasteiger partial charge in [-0.1, -0.05) is 5.16 Å².